The summed E-state index contributed by atoms with van der Waals surface area (Å²) in [5.41, 5.74) is 0.143. The zero-order valence-electron chi connectivity index (χ0n) is 17.6. The number of rotatable bonds is 3. The summed E-state index contributed by atoms with van der Waals surface area (Å²) >= 11 is 6.16. The Balaban J connectivity index is 1.48. The number of amidine groups is 1. The Kier molecular flexibility index (Phi) is 5.20. The molecule has 5 rings (SSSR count). The summed E-state index contributed by atoms with van der Waals surface area (Å²) in [6.45, 7) is 1.42. The minimum Gasteiger partial charge on any atom is -0.270 e. The second-order valence-electron chi connectivity index (χ2n) is 8.67. The summed E-state index contributed by atoms with van der Waals surface area (Å²) in [6, 6.07) is 3.61. The Hall–Kier alpha value is -2.48. The van der Waals surface area contributed by atoms with E-state index in [0.29, 0.717) is 18.4 Å². The van der Waals surface area contributed by atoms with Gasteiger partial charge in [-0.15, -0.1) is 0 Å². The van der Waals surface area contributed by atoms with Gasteiger partial charge in [0.1, 0.15) is 5.82 Å². The highest BCUT2D eigenvalue weighted by Crippen LogP contribution is 2.30. The first-order valence-corrected chi connectivity index (χ1v) is 11.4. The molecule has 2 fully saturated rings. The van der Waals surface area contributed by atoms with Gasteiger partial charge < -0.3 is 0 Å². The maximum absolute atomic E-state index is 14.4. The van der Waals surface area contributed by atoms with Crippen LogP contribution in [0.25, 0.3) is 0 Å². The molecule has 3 heterocycles. The SMILES string of the molecule is CN1C(=O)N(Cc2c(F)cccc2Cl)C(=O)C2C1=NC1=[N+]2CCCN1C1CCCCC1. The number of likely N-dealkylation sites (N-methyl/N-ethyl adjacent to an activating group) is 1. The average Bonchev–Trinajstić information content (AvgIpc) is 3.17. The zero-order chi connectivity index (χ0) is 21.7. The number of hydrogen-bond donors (Lipinski definition) is 0. The second-order valence-corrected chi connectivity index (χ2v) is 9.08. The fraction of sp³-hybridized carbons (Fsp3) is 0.545. The molecule has 0 aromatic heterocycles. The summed E-state index contributed by atoms with van der Waals surface area (Å²) in [6.07, 6.45) is 6.89. The van der Waals surface area contributed by atoms with Crippen molar-refractivity contribution in [2.75, 3.05) is 20.1 Å². The maximum atomic E-state index is 14.4. The highest BCUT2D eigenvalue weighted by atomic mass is 35.5. The number of aliphatic imine (C=N–C) groups is 1. The van der Waals surface area contributed by atoms with Crippen LogP contribution in [0.2, 0.25) is 5.02 Å². The molecule has 0 bridgehead atoms. The molecular formula is C22H26ClFN5O2+. The van der Waals surface area contributed by atoms with E-state index in [1.165, 1.54) is 36.3 Å². The standard InChI is InChI=1S/C22H26ClFN5O2/c1-26-19-18(20(30)29(22(26)31)13-15-16(23)9-5-10-17(15)24)28-12-6-11-27(21(28)25-19)14-7-3-2-4-8-14/h5,9-10,14,18H,2-4,6-8,11-13H2,1H3/q+1. The molecule has 1 saturated heterocycles. The van der Waals surface area contributed by atoms with Crippen LogP contribution in [0.3, 0.4) is 0 Å². The average molecular weight is 447 g/mol. The number of carbonyl (C=O) groups is 2. The molecule has 1 atom stereocenters. The van der Waals surface area contributed by atoms with Gasteiger partial charge in [-0.2, -0.15) is 0 Å². The largest absolute Gasteiger partial charge is 0.392 e. The number of hydrogen-bond acceptors (Lipinski definition) is 4. The topological polar surface area (TPSA) is 59.2 Å². The summed E-state index contributed by atoms with van der Waals surface area (Å²) in [5.74, 6) is 0.359. The summed E-state index contributed by atoms with van der Waals surface area (Å²) in [4.78, 5) is 36.2. The maximum Gasteiger partial charge on any atom is 0.392 e. The Bertz CT molecular complexity index is 983. The minimum absolute atomic E-state index is 0.143. The van der Waals surface area contributed by atoms with Gasteiger partial charge >= 0.3 is 12.0 Å². The molecule has 1 saturated carbocycles. The van der Waals surface area contributed by atoms with Crippen LogP contribution in [0.4, 0.5) is 9.18 Å². The molecule has 0 N–H and O–H groups in total. The normalized spacial score (nSPS) is 24.5. The van der Waals surface area contributed by atoms with E-state index < -0.39 is 17.9 Å². The summed E-state index contributed by atoms with van der Waals surface area (Å²) in [7, 11) is 1.63. The summed E-state index contributed by atoms with van der Waals surface area (Å²) in [5, 5.41) is 0.197. The molecule has 9 heteroatoms. The van der Waals surface area contributed by atoms with Crippen LogP contribution in [0.15, 0.2) is 23.2 Å². The van der Waals surface area contributed by atoms with E-state index in [-0.39, 0.29) is 23.0 Å². The van der Waals surface area contributed by atoms with Crippen LogP contribution in [0, 0.1) is 5.82 Å². The van der Waals surface area contributed by atoms with Gasteiger partial charge in [-0.05, 0) is 25.0 Å². The number of urea groups is 1. The first-order chi connectivity index (χ1) is 15.0. The number of carbonyl (C=O) groups excluding carboxylic acids is 2. The monoisotopic (exact) mass is 446 g/mol. The first-order valence-electron chi connectivity index (χ1n) is 11.0. The van der Waals surface area contributed by atoms with E-state index in [1.54, 1.807) is 13.1 Å². The van der Waals surface area contributed by atoms with Crippen LogP contribution in [0.5, 0.6) is 0 Å². The number of benzene rings is 1. The van der Waals surface area contributed by atoms with Gasteiger partial charge in [-0.3, -0.25) is 19.5 Å². The molecule has 31 heavy (non-hydrogen) atoms. The van der Waals surface area contributed by atoms with Crippen LogP contribution >= 0.6 is 11.6 Å². The molecule has 3 amide bonds. The highest BCUT2D eigenvalue weighted by Gasteiger charge is 2.54. The van der Waals surface area contributed by atoms with Crippen molar-refractivity contribution < 1.29 is 18.6 Å². The highest BCUT2D eigenvalue weighted by molar-refractivity contribution is 6.31. The fourth-order valence-electron chi connectivity index (χ4n) is 5.20. The molecule has 3 aliphatic heterocycles. The number of nitrogens with zero attached hydrogens (tertiary/aromatic N) is 5. The van der Waals surface area contributed by atoms with Crippen LogP contribution in [0.1, 0.15) is 44.1 Å². The second kappa shape index (κ2) is 7.89. The molecule has 1 unspecified atom stereocenters. The van der Waals surface area contributed by atoms with Gasteiger partial charge in [0.2, 0.25) is 11.9 Å². The zero-order valence-corrected chi connectivity index (χ0v) is 18.3. The molecular weight excluding hydrogens is 421 g/mol. The van der Waals surface area contributed by atoms with E-state index in [2.05, 4.69) is 4.90 Å². The molecule has 1 aromatic carbocycles. The third-order valence-corrected chi connectivity index (χ3v) is 7.19. The lowest BCUT2D eigenvalue weighted by Crippen LogP contribution is -2.63. The number of amides is 3. The van der Waals surface area contributed by atoms with Crippen LogP contribution < -0.4 is 0 Å². The van der Waals surface area contributed by atoms with Crippen LogP contribution in [-0.2, 0) is 11.3 Å². The molecule has 4 aliphatic rings. The van der Waals surface area contributed by atoms with E-state index in [9.17, 15) is 14.0 Å². The van der Waals surface area contributed by atoms with E-state index >= 15 is 0 Å². The van der Waals surface area contributed by atoms with Crippen molar-refractivity contribution >= 4 is 35.3 Å². The predicted octanol–water partition coefficient (Wildman–Crippen LogP) is 3.06. The van der Waals surface area contributed by atoms with Crippen molar-refractivity contribution in [3.63, 3.8) is 0 Å². The van der Waals surface area contributed by atoms with E-state index in [1.807, 2.05) is 4.58 Å². The van der Waals surface area contributed by atoms with Crippen molar-refractivity contribution in [1.29, 1.82) is 0 Å². The van der Waals surface area contributed by atoms with E-state index in [0.717, 1.165) is 36.7 Å². The number of halogens is 2. The Morgan fingerprint density at radius 1 is 1.19 bits per heavy atom. The van der Waals surface area contributed by atoms with Crippen LogP contribution in [-0.4, -0.2) is 75.2 Å². The minimum atomic E-state index is -0.658. The molecule has 7 nitrogen and oxygen atoms in total. The van der Waals surface area contributed by atoms with Gasteiger partial charge in [0.05, 0.1) is 25.7 Å². The van der Waals surface area contributed by atoms with E-state index in [4.69, 9.17) is 16.6 Å². The lowest BCUT2D eigenvalue weighted by molar-refractivity contribution is -0.546. The van der Waals surface area contributed by atoms with Gasteiger partial charge in [-0.25, -0.2) is 13.8 Å². The first kappa shape index (κ1) is 20.4. The van der Waals surface area contributed by atoms with Crippen molar-refractivity contribution in [1.82, 2.24) is 14.7 Å². The lowest BCUT2D eigenvalue weighted by Gasteiger charge is -2.36. The van der Waals surface area contributed by atoms with Gasteiger partial charge in [0.25, 0.3) is 5.91 Å². The quantitative estimate of drug-likeness (QED) is 0.670. The Morgan fingerprint density at radius 3 is 2.71 bits per heavy atom. The van der Waals surface area contributed by atoms with Gasteiger partial charge in [0.15, 0.2) is 0 Å². The van der Waals surface area contributed by atoms with Crippen molar-refractivity contribution in [3.05, 3.63) is 34.6 Å². The third-order valence-electron chi connectivity index (χ3n) is 6.84. The van der Waals surface area contributed by atoms with Gasteiger partial charge in [-0.1, -0.05) is 41.9 Å². The molecule has 0 radical (unpaired) electrons. The number of imide groups is 1. The Morgan fingerprint density at radius 2 is 1.97 bits per heavy atom. The van der Waals surface area contributed by atoms with Crippen molar-refractivity contribution in [3.8, 4) is 0 Å². The van der Waals surface area contributed by atoms with Crippen molar-refractivity contribution in [2.45, 2.75) is 57.2 Å². The van der Waals surface area contributed by atoms with Gasteiger partial charge in [0, 0.05) is 24.1 Å². The summed E-state index contributed by atoms with van der Waals surface area (Å²) < 4.78 is 16.4. The number of fused-ring (bicyclic) bond motifs is 2. The smallest absolute Gasteiger partial charge is 0.270 e. The molecule has 0 spiro atoms. The third kappa shape index (κ3) is 3.32. The lowest BCUT2D eigenvalue weighted by atomic mass is 9.94. The molecule has 1 aromatic rings. The number of guanidine groups is 1. The fourth-order valence-corrected chi connectivity index (χ4v) is 5.42. The predicted molar refractivity (Wildman–Crippen MR) is 115 cm³/mol. The molecule has 1 aliphatic carbocycles. The molecule has 164 valence electrons. The Labute approximate surface area is 185 Å². The van der Waals surface area contributed by atoms with Crippen molar-refractivity contribution in [2.24, 2.45) is 4.99 Å².